The number of methoxy groups -OCH3 is 1. The second-order valence-electron chi connectivity index (χ2n) is 5.44. The van der Waals surface area contributed by atoms with Crippen LogP contribution in [0.4, 0.5) is 0 Å². The summed E-state index contributed by atoms with van der Waals surface area (Å²) in [5.74, 6) is 0.0534. The molecule has 2 heterocycles. The average molecular weight is 255 g/mol. The van der Waals surface area contributed by atoms with Crippen LogP contribution in [0.5, 0.6) is 0 Å². The number of carbonyl (C=O) groups is 1. The van der Waals surface area contributed by atoms with Crippen molar-refractivity contribution in [3.05, 3.63) is 0 Å². The molecule has 2 N–H and O–H groups in total. The van der Waals surface area contributed by atoms with E-state index in [0.29, 0.717) is 6.04 Å². The van der Waals surface area contributed by atoms with E-state index in [9.17, 15) is 4.79 Å². The Hall–Kier alpha value is -0.650. The van der Waals surface area contributed by atoms with Crippen LogP contribution in [0.3, 0.4) is 0 Å². The summed E-state index contributed by atoms with van der Waals surface area (Å²) in [5, 5.41) is 0. The maximum atomic E-state index is 12.3. The molecule has 3 unspecified atom stereocenters. The fourth-order valence-electron chi connectivity index (χ4n) is 3.14. The van der Waals surface area contributed by atoms with Crippen LogP contribution in [0.25, 0.3) is 0 Å². The van der Waals surface area contributed by atoms with Gasteiger partial charge in [-0.1, -0.05) is 6.42 Å². The molecule has 0 spiro atoms. The largest absolute Gasteiger partial charge is 0.370 e. The van der Waals surface area contributed by atoms with Crippen molar-refractivity contribution in [3.63, 3.8) is 0 Å². The summed E-state index contributed by atoms with van der Waals surface area (Å²) in [5.41, 5.74) is 5.59. The number of piperazine rings is 1. The fraction of sp³-hybridized carbons (Fsp3) is 0.923. The van der Waals surface area contributed by atoms with E-state index < -0.39 is 6.10 Å². The maximum absolute atomic E-state index is 12.3. The Morgan fingerprint density at radius 1 is 1.44 bits per heavy atom. The highest BCUT2D eigenvalue weighted by Crippen LogP contribution is 2.24. The number of rotatable bonds is 3. The minimum atomic E-state index is -0.484. The number of nitrogens with zero attached hydrogens (tertiary/aromatic N) is 2. The molecule has 2 fully saturated rings. The summed E-state index contributed by atoms with van der Waals surface area (Å²) >= 11 is 0. The third-order valence-corrected chi connectivity index (χ3v) is 4.24. The SMILES string of the molecule is COC(CN)C(=O)N1CC2CCCCN2CC1C. The van der Waals surface area contributed by atoms with Gasteiger partial charge in [-0.3, -0.25) is 9.69 Å². The topological polar surface area (TPSA) is 58.8 Å². The Balaban J connectivity index is 2.02. The normalized spacial score (nSPS) is 30.9. The van der Waals surface area contributed by atoms with Gasteiger partial charge in [0, 0.05) is 38.8 Å². The van der Waals surface area contributed by atoms with Crippen LogP contribution in [0.1, 0.15) is 26.2 Å². The maximum Gasteiger partial charge on any atom is 0.253 e. The molecule has 2 aliphatic heterocycles. The molecular formula is C13H25N3O2. The molecule has 0 aromatic rings. The van der Waals surface area contributed by atoms with E-state index in [-0.39, 0.29) is 18.5 Å². The Bertz CT molecular complexity index is 294. The minimum absolute atomic E-state index is 0.0534. The number of hydrogen-bond donors (Lipinski definition) is 1. The van der Waals surface area contributed by atoms with Crippen molar-refractivity contribution < 1.29 is 9.53 Å². The van der Waals surface area contributed by atoms with Gasteiger partial charge in [-0.25, -0.2) is 0 Å². The summed E-state index contributed by atoms with van der Waals surface area (Å²) in [6.45, 7) is 5.37. The Morgan fingerprint density at radius 2 is 2.22 bits per heavy atom. The Morgan fingerprint density at radius 3 is 2.89 bits per heavy atom. The Kier molecular flexibility index (Phi) is 4.59. The van der Waals surface area contributed by atoms with E-state index >= 15 is 0 Å². The highest BCUT2D eigenvalue weighted by molar-refractivity contribution is 5.81. The number of carbonyl (C=O) groups excluding carboxylic acids is 1. The van der Waals surface area contributed by atoms with Crippen molar-refractivity contribution in [2.75, 3.05) is 33.3 Å². The van der Waals surface area contributed by atoms with Gasteiger partial charge in [-0.05, 0) is 26.3 Å². The first kappa shape index (κ1) is 13.8. The van der Waals surface area contributed by atoms with Crippen LogP contribution in [0.15, 0.2) is 0 Å². The zero-order chi connectivity index (χ0) is 13.1. The molecule has 0 bridgehead atoms. The molecule has 18 heavy (non-hydrogen) atoms. The highest BCUT2D eigenvalue weighted by Gasteiger charge is 2.37. The van der Waals surface area contributed by atoms with Gasteiger partial charge in [-0.15, -0.1) is 0 Å². The van der Waals surface area contributed by atoms with Crippen LogP contribution < -0.4 is 5.73 Å². The summed E-state index contributed by atoms with van der Waals surface area (Å²) in [6.07, 6.45) is 3.29. The highest BCUT2D eigenvalue weighted by atomic mass is 16.5. The van der Waals surface area contributed by atoms with Gasteiger partial charge in [-0.2, -0.15) is 0 Å². The van der Waals surface area contributed by atoms with Crippen LogP contribution in [-0.2, 0) is 9.53 Å². The molecule has 0 aromatic heterocycles. The second-order valence-corrected chi connectivity index (χ2v) is 5.44. The third-order valence-electron chi connectivity index (χ3n) is 4.24. The molecule has 0 aliphatic carbocycles. The van der Waals surface area contributed by atoms with E-state index in [1.807, 2.05) is 4.90 Å². The predicted octanol–water partition coefficient (Wildman–Crippen LogP) is 0.0453. The van der Waals surface area contributed by atoms with E-state index in [2.05, 4.69) is 11.8 Å². The predicted molar refractivity (Wildman–Crippen MR) is 70.2 cm³/mol. The van der Waals surface area contributed by atoms with Gasteiger partial charge in [0.05, 0.1) is 0 Å². The molecule has 5 heteroatoms. The van der Waals surface area contributed by atoms with Crippen molar-refractivity contribution >= 4 is 5.91 Å². The van der Waals surface area contributed by atoms with Crippen LogP contribution >= 0.6 is 0 Å². The first-order chi connectivity index (χ1) is 8.67. The lowest BCUT2D eigenvalue weighted by atomic mass is 9.97. The van der Waals surface area contributed by atoms with Gasteiger partial charge >= 0.3 is 0 Å². The quantitative estimate of drug-likeness (QED) is 0.774. The smallest absolute Gasteiger partial charge is 0.253 e. The van der Waals surface area contributed by atoms with E-state index in [1.165, 1.54) is 25.8 Å². The first-order valence-corrected chi connectivity index (χ1v) is 6.94. The van der Waals surface area contributed by atoms with Crippen LogP contribution in [0.2, 0.25) is 0 Å². The molecule has 104 valence electrons. The summed E-state index contributed by atoms with van der Waals surface area (Å²) < 4.78 is 5.17. The van der Waals surface area contributed by atoms with Crippen LogP contribution in [-0.4, -0.2) is 67.2 Å². The van der Waals surface area contributed by atoms with Crippen LogP contribution in [0, 0.1) is 0 Å². The lowest BCUT2D eigenvalue weighted by Crippen LogP contribution is -2.62. The monoisotopic (exact) mass is 255 g/mol. The number of amides is 1. The molecule has 1 amide bonds. The molecule has 3 atom stereocenters. The van der Waals surface area contributed by atoms with Gasteiger partial charge in [0.25, 0.3) is 5.91 Å². The zero-order valence-corrected chi connectivity index (χ0v) is 11.5. The summed E-state index contributed by atoms with van der Waals surface area (Å²) in [7, 11) is 1.55. The number of nitrogens with two attached hydrogens (primary N) is 1. The zero-order valence-electron chi connectivity index (χ0n) is 11.5. The molecule has 0 saturated carbocycles. The molecular weight excluding hydrogens is 230 g/mol. The average Bonchev–Trinajstić information content (AvgIpc) is 2.39. The molecule has 5 nitrogen and oxygen atoms in total. The summed E-state index contributed by atoms with van der Waals surface area (Å²) in [4.78, 5) is 16.8. The van der Waals surface area contributed by atoms with Crippen molar-refractivity contribution in [1.29, 1.82) is 0 Å². The van der Waals surface area contributed by atoms with Gasteiger partial charge in [0.2, 0.25) is 0 Å². The van der Waals surface area contributed by atoms with Gasteiger partial charge in [0.15, 0.2) is 0 Å². The van der Waals surface area contributed by atoms with E-state index in [0.717, 1.165) is 13.1 Å². The second kappa shape index (κ2) is 5.99. The standard InChI is InChI=1S/C13H25N3O2/c1-10-8-15-6-4-3-5-11(15)9-16(10)13(17)12(7-14)18-2/h10-12H,3-9,14H2,1-2H3. The molecule has 2 aliphatic rings. The molecule has 0 radical (unpaired) electrons. The lowest BCUT2D eigenvalue weighted by molar-refractivity contribution is -0.148. The summed E-state index contributed by atoms with van der Waals surface area (Å²) in [6, 6.07) is 0.797. The van der Waals surface area contributed by atoms with Crippen molar-refractivity contribution in [2.24, 2.45) is 5.73 Å². The van der Waals surface area contributed by atoms with Crippen molar-refractivity contribution in [3.8, 4) is 0 Å². The van der Waals surface area contributed by atoms with Crippen molar-refractivity contribution in [1.82, 2.24) is 9.80 Å². The number of hydrogen-bond acceptors (Lipinski definition) is 4. The minimum Gasteiger partial charge on any atom is -0.370 e. The van der Waals surface area contributed by atoms with E-state index in [4.69, 9.17) is 10.5 Å². The Labute approximate surface area is 109 Å². The number of ether oxygens (including phenoxy) is 1. The molecule has 0 aromatic carbocycles. The van der Waals surface area contributed by atoms with Gasteiger partial charge < -0.3 is 15.4 Å². The third kappa shape index (κ3) is 2.68. The fourth-order valence-corrected chi connectivity index (χ4v) is 3.14. The van der Waals surface area contributed by atoms with E-state index in [1.54, 1.807) is 7.11 Å². The lowest BCUT2D eigenvalue weighted by Gasteiger charge is -2.48. The molecule has 2 saturated heterocycles. The van der Waals surface area contributed by atoms with Crippen molar-refractivity contribution in [2.45, 2.75) is 44.4 Å². The number of piperidine rings is 1. The molecule has 2 rings (SSSR count). The van der Waals surface area contributed by atoms with Gasteiger partial charge in [0.1, 0.15) is 6.10 Å². The number of fused-ring (bicyclic) bond motifs is 1. The first-order valence-electron chi connectivity index (χ1n) is 6.94.